The maximum Gasteiger partial charge on any atom is 0.216 e. The van der Waals surface area contributed by atoms with E-state index >= 15 is 0 Å². The summed E-state index contributed by atoms with van der Waals surface area (Å²) in [7, 11) is -3.49. The van der Waals surface area contributed by atoms with E-state index in [1.165, 1.54) is 0 Å². The van der Waals surface area contributed by atoms with Crippen LogP contribution in [0, 0.1) is 0 Å². The van der Waals surface area contributed by atoms with Crippen molar-refractivity contribution in [3.8, 4) is 0 Å². The van der Waals surface area contributed by atoms with E-state index in [0.717, 1.165) is 19.3 Å². The van der Waals surface area contributed by atoms with Crippen LogP contribution in [0.1, 0.15) is 37.7 Å². The molecule has 1 fully saturated rings. The molecule has 5 nitrogen and oxygen atoms in total. The molecular formula is C14H22N2O3S. The van der Waals surface area contributed by atoms with Crippen molar-refractivity contribution in [1.82, 2.24) is 4.72 Å². The average molecular weight is 298 g/mol. The van der Waals surface area contributed by atoms with Crippen LogP contribution in [0.2, 0.25) is 0 Å². The normalized spacial score (nSPS) is 18.9. The standard InChI is InChI=1S/C14H22N2O3S/c15-13-6-4-5-12(9-13)10-20(18,19)16-14(11-17)7-2-1-3-8-14/h4-6,9,16-17H,1-3,7-8,10-11,15H2. The molecule has 1 aromatic rings. The molecule has 0 saturated heterocycles. The van der Waals surface area contributed by atoms with Crippen molar-refractivity contribution >= 4 is 15.7 Å². The van der Waals surface area contributed by atoms with Gasteiger partial charge in [0.15, 0.2) is 0 Å². The number of hydrogen-bond acceptors (Lipinski definition) is 4. The van der Waals surface area contributed by atoms with Gasteiger partial charge in [-0.15, -0.1) is 0 Å². The first-order chi connectivity index (χ1) is 9.45. The van der Waals surface area contributed by atoms with Gasteiger partial charge in [0.25, 0.3) is 0 Å². The summed E-state index contributed by atoms with van der Waals surface area (Å²) in [6, 6.07) is 6.86. The molecule has 0 amide bonds. The van der Waals surface area contributed by atoms with E-state index in [9.17, 15) is 13.5 Å². The molecule has 0 heterocycles. The highest BCUT2D eigenvalue weighted by atomic mass is 32.2. The number of sulfonamides is 1. The minimum Gasteiger partial charge on any atom is -0.399 e. The van der Waals surface area contributed by atoms with Gasteiger partial charge in [-0.1, -0.05) is 31.4 Å². The first kappa shape index (κ1) is 15.3. The maximum absolute atomic E-state index is 12.3. The van der Waals surface area contributed by atoms with Gasteiger partial charge in [0.2, 0.25) is 10.0 Å². The highest BCUT2D eigenvalue weighted by molar-refractivity contribution is 7.88. The van der Waals surface area contributed by atoms with Crippen LogP contribution in [0.3, 0.4) is 0 Å². The minimum absolute atomic E-state index is 0.111. The monoisotopic (exact) mass is 298 g/mol. The predicted octanol–water partition coefficient (Wildman–Crippen LogP) is 1.38. The molecule has 0 spiro atoms. The lowest BCUT2D eigenvalue weighted by molar-refractivity contribution is 0.142. The van der Waals surface area contributed by atoms with Crippen molar-refractivity contribution < 1.29 is 13.5 Å². The van der Waals surface area contributed by atoms with Crippen LogP contribution in [0.15, 0.2) is 24.3 Å². The Hall–Kier alpha value is -1.11. The van der Waals surface area contributed by atoms with Gasteiger partial charge in [-0.2, -0.15) is 0 Å². The molecule has 1 saturated carbocycles. The second kappa shape index (κ2) is 6.11. The van der Waals surface area contributed by atoms with E-state index in [2.05, 4.69) is 4.72 Å². The van der Waals surface area contributed by atoms with Crippen LogP contribution >= 0.6 is 0 Å². The summed E-state index contributed by atoms with van der Waals surface area (Å²) in [4.78, 5) is 0. The minimum atomic E-state index is -3.49. The van der Waals surface area contributed by atoms with Crippen molar-refractivity contribution in [1.29, 1.82) is 0 Å². The SMILES string of the molecule is Nc1cccc(CS(=O)(=O)NC2(CO)CCCCC2)c1. The fourth-order valence-corrected chi connectivity index (χ4v) is 4.41. The summed E-state index contributed by atoms with van der Waals surface area (Å²) < 4.78 is 27.3. The number of nitrogen functional groups attached to an aromatic ring is 1. The number of nitrogens with two attached hydrogens (primary N) is 1. The molecule has 1 aliphatic rings. The predicted molar refractivity (Wildman–Crippen MR) is 79.5 cm³/mol. The fourth-order valence-electron chi connectivity index (χ4n) is 2.79. The van der Waals surface area contributed by atoms with Crippen LogP contribution in [0.5, 0.6) is 0 Å². The highest BCUT2D eigenvalue weighted by Crippen LogP contribution is 2.29. The zero-order chi connectivity index (χ0) is 14.6. The molecule has 1 aliphatic carbocycles. The van der Waals surface area contributed by atoms with Crippen LogP contribution in [0.25, 0.3) is 0 Å². The smallest absolute Gasteiger partial charge is 0.216 e. The van der Waals surface area contributed by atoms with Gasteiger partial charge in [-0.05, 0) is 30.5 Å². The Bertz CT molecular complexity index is 551. The molecule has 0 unspecified atom stereocenters. The average Bonchev–Trinajstić information content (AvgIpc) is 2.38. The van der Waals surface area contributed by atoms with E-state index in [-0.39, 0.29) is 12.4 Å². The van der Waals surface area contributed by atoms with Crippen LogP contribution in [0.4, 0.5) is 5.69 Å². The van der Waals surface area contributed by atoms with E-state index in [1.807, 2.05) is 0 Å². The summed E-state index contributed by atoms with van der Waals surface area (Å²) in [5.74, 6) is -0.111. The number of aliphatic hydroxyl groups is 1. The number of hydrogen-bond donors (Lipinski definition) is 3. The van der Waals surface area contributed by atoms with Crippen LogP contribution in [-0.2, 0) is 15.8 Å². The Morgan fingerprint density at radius 1 is 1.25 bits per heavy atom. The van der Waals surface area contributed by atoms with Gasteiger partial charge in [0.1, 0.15) is 0 Å². The van der Waals surface area contributed by atoms with Gasteiger partial charge in [-0.3, -0.25) is 0 Å². The third kappa shape index (κ3) is 3.94. The maximum atomic E-state index is 12.3. The zero-order valence-electron chi connectivity index (χ0n) is 11.5. The molecule has 20 heavy (non-hydrogen) atoms. The molecule has 0 bridgehead atoms. The Morgan fingerprint density at radius 2 is 1.95 bits per heavy atom. The first-order valence-corrected chi connectivity index (χ1v) is 8.57. The topological polar surface area (TPSA) is 92.4 Å². The molecule has 0 aromatic heterocycles. The Kier molecular flexibility index (Phi) is 4.67. The number of anilines is 1. The third-order valence-corrected chi connectivity index (χ3v) is 5.25. The molecule has 112 valence electrons. The summed E-state index contributed by atoms with van der Waals surface area (Å²) in [5.41, 5.74) is 6.18. The second-order valence-electron chi connectivity index (χ2n) is 5.61. The summed E-state index contributed by atoms with van der Waals surface area (Å²) in [5, 5.41) is 9.57. The van der Waals surface area contributed by atoms with Gasteiger partial charge in [0, 0.05) is 5.69 Å². The van der Waals surface area contributed by atoms with Gasteiger partial charge in [0.05, 0.1) is 17.9 Å². The number of nitrogens with one attached hydrogen (secondary N) is 1. The molecule has 0 atom stereocenters. The Balaban J connectivity index is 2.10. The van der Waals surface area contributed by atoms with Crippen molar-refractivity contribution in [2.45, 2.75) is 43.4 Å². The number of rotatable bonds is 5. The van der Waals surface area contributed by atoms with Crippen molar-refractivity contribution in [3.63, 3.8) is 0 Å². The fraction of sp³-hybridized carbons (Fsp3) is 0.571. The van der Waals surface area contributed by atoms with Crippen molar-refractivity contribution in [2.75, 3.05) is 12.3 Å². The van der Waals surface area contributed by atoms with E-state index in [1.54, 1.807) is 24.3 Å². The molecule has 0 radical (unpaired) electrons. The second-order valence-corrected chi connectivity index (χ2v) is 7.33. The lowest BCUT2D eigenvalue weighted by Crippen LogP contribution is -2.52. The number of benzene rings is 1. The Morgan fingerprint density at radius 3 is 2.55 bits per heavy atom. The van der Waals surface area contributed by atoms with Crippen molar-refractivity contribution in [2.24, 2.45) is 0 Å². The Labute approximate surface area is 120 Å². The first-order valence-electron chi connectivity index (χ1n) is 6.92. The van der Waals surface area contributed by atoms with Crippen molar-refractivity contribution in [3.05, 3.63) is 29.8 Å². The zero-order valence-corrected chi connectivity index (χ0v) is 12.3. The molecule has 1 aromatic carbocycles. The number of aliphatic hydroxyl groups excluding tert-OH is 1. The van der Waals surface area contributed by atoms with Crippen LogP contribution < -0.4 is 10.5 Å². The van der Waals surface area contributed by atoms with Gasteiger partial charge < -0.3 is 10.8 Å². The summed E-state index contributed by atoms with van der Waals surface area (Å²) >= 11 is 0. The lowest BCUT2D eigenvalue weighted by Gasteiger charge is -2.36. The third-order valence-electron chi connectivity index (χ3n) is 3.79. The lowest BCUT2D eigenvalue weighted by atomic mass is 9.83. The molecular weight excluding hydrogens is 276 g/mol. The molecule has 4 N–H and O–H groups in total. The van der Waals surface area contributed by atoms with Gasteiger partial charge in [-0.25, -0.2) is 13.1 Å². The van der Waals surface area contributed by atoms with E-state index in [4.69, 9.17) is 5.73 Å². The van der Waals surface area contributed by atoms with E-state index in [0.29, 0.717) is 24.1 Å². The summed E-state index contributed by atoms with van der Waals surface area (Å²) in [6.45, 7) is -0.150. The quantitative estimate of drug-likeness (QED) is 0.716. The van der Waals surface area contributed by atoms with E-state index < -0.39 is 15.6 Å². The van der Waals surface area contributed by atoms with Crippen LogP contribution in [-0.4, -0.2) is 25.7 Å². The molecule has 0 aliphatic heterocycles. The molecule has 2 rings (SSSR count). The summed E-state index contributed by atoms with van der Waals surface area (Å²) in [6.07, 6.45) is 4.38. The molecule has 6 heteroatoms. The largest absolute Gasteiger partial charge is 0.399 e. The van der Waals surface area contributed by atoms with Gasteiger partial charge >= 0.3 is 0 Å². The highest BCUT2D eigenvalue weighted by Gasteiger charge is 2.35.